The van der Waals surface area contributed by atoms with Gasteiger partial charge in [-0.1, -0.05) is 0 Å². The van der Waals surface area contributed by atoms with Crippen LogP contribution >= 0.6 is 0 Å². The molecule has 0 aliphatic rings. The Hall–Kier alpha value is -3.01. The highest BCUT2D eigenvalue weighted by molar-refractivity contribution is 7.86. The van der Waals surface area contributed by atoms with Crippen LogP contribution in [0.1, 0.15) is 0 Å². The lowest BCUT2D eigenvalue weighted by molar-refractivity contribution is -0.386. The molecule has 0 amide bonds. The van der Waals surface area contributed by atoms with Gasteiger partial charge in [0.05, 0.1) is 9.82 Å². The molecule has 39 heavy (non-hydrogen) atoms. The Labute approximate surface area is 206 Å². The zero-order chi connectivity index (χ0) is 31.0. The number of alkyl halides is 15. The predicted molar refractivity (Wildman–Crippen MR) is 92.8 cm³/mol. The first-order valence-corrected chi connectivity index (χ1v) is 10.1. The first-order valence-electron chi connectivity index (χ1n) is 8.98. The van der Waals surface area contributed by atoms with E-state index in [1.165, 1.54) is 0 Å². The molecule has 0 spiro atoms. The van der Waals surface area contributed by atoms with Gasteiger partial charge in [-0.25, -0.2) is 17.8 Å². The standard InChI is InChI=1S/C16H8F15NO6S/c17-10(18)12(21,22)13(23,24)11(19,20)5-38-9(33)4-37-8-2-1-6(3-7(8)32(34)35)39(36)16(30,31)14(25,26)15(27,28)29/h1-3,10H,4-5H2. The van der Waals surface area contributed by atoms with Crippen molar-refractivity contribution in [2.24, 2.45) is 0 Å². The lowest BCUT2D eigenvalue weighted by atomic mass is 10.1. The van der Waals surface area contributed by atoms with Crippen LogP contribution in [0.25, 0.3) is 0 Å². The number of esters is 1. The topological polar surface area (TPSA) is 95.7 Å². The number of nitro benzene ring substituents is 1. The number of carbonyl (C=O) groups excluding carboxylic acids is 1. The fourth-order valence-corrected chi connectivity index (χ4v) is 3.18. The van der Waals surface area contributed by atoms with E-state index in [2.05, 4.69) is 9.47 Å². The van der Waals surface area contributed by atoms with Crippen molar-refractivity contribution in [3.8, 4) is 5.75 Å². The van der Waals surface area contributed by atoms with Crippen LogP contribution in [-0.2, 0) is 20.3 Å². The van der Waals surface area contributed by atoms with Gasteiger partial charge in [0.2, 0.25) is 0 Å². The van der Waals surface area contributed by atoms with Crippen LogP contribution in [0.2, 0.25) is 0 Å². The molecule has 1 rings (SSSR count). The van der Waals surface area contributed by atoms with Crippen LogP contribution in [0.4, 0.5) is 71.5 Å². The van der Waals surface area contributed by atoms with E-state index in [1.807, 2.05) is 0 Å². The number of nitrogens with zero attached hydrogens (tertiary/aromatic N) is 1. The zero-order valence-electron chi connectivity index (χ0n) is 17.7. The van der Waals surface area contributed by atoms with Gasteiger partial charge in [-0.15, -0.1) is 0 Å². The van der Waals surface area contributed by atoms with Crippen molar-refractivity contribution in [3.05, 3.63) is 28.3 Å². The highest BCUT2D eigenvalue weighted by Gasteiger charge is 2.76. The van der Waals surface area contributed by atoms with Crippen molar-refractivity contribution in [2.75, 3.05) is 13.2 Å². The number of benzene rings is 1. The maximum Gasteiger partial charge on any atom is 0.461 e. The summed E-state index contributed by atoms with van der Waals surface area (Å²) in [5.41, 5.74) is -1.65. The minimum Gasteiger partial charge on any atom is -0.475 e. The van der Waals surface area contributed by atoms with Crippen molar-refractivity contribution < 1.29 is 89.3 Å². The molecule has 1 unspecified atom stereocenters. The van der Waals surface area contributed by atoms with Crippen LogP contribution in [0.3, 0.4) is 0 Å². The van der Waals surface area contributed by atoms with E-state index in [0.717, 1.165) is 0 Å². The Morgan fingerprint density at radius 1 is 0.923 bits per heavy atom. The predicted octanol–water partition coefficient (Wildman–Crippen LogP) is 5.59. The summed E-state index contributed by atoms with van der Waals surface area (Å²) in [5.74, 6) is -29.8. The molecule has 0 aromatic heterocycles. The summed E-state index contributed by atoms with van der Waals surface area (Å²) in [5, 5.41) is 4.67. The van der Waals surface area contributed by atoms with Gasteiger partial charge in [0.25, 0.3) is 0 Å². The summed E-state index contributed by atoms with van der Waals surface area (Å²) < 4.78 is 212. The second kappa shape index (κ2) is 10.9. The summed E-state index contributed by atoms with van der Waals surface area (Å²) in [7, 11) is -4.61. The molecule has 0 bridgehead atoms. The van der Waals surface area contributed by atoms with E-state index in [0.29, 0.717) is 0 Å². The highest BCUT2D eigenvalue weighted by Crippen LogP contribution is 2.50. The summed E-state index contributed by atoms with van der Waals surface area (Å²) in [4.78, 5) is 19.1. The zero-order valence-corrected chi connectivity index (χ0v) is 18.5. The summed E-state index contributed by atoms with van der Waals surface area (Å²) in [6.45, 7) is -4.74. The van der Waals surface area contributed by atoms with Gasteiger partial charge in [0, 0.05) is 6.07 Å². The molecule has 1 atom stereocenters. The molecule has 0 saturated carbocycles. The monoisotopic (exact) mass is 627 g/mol. The Balaban J connectivity index is 3.08. The van der Waals surface area contributed by atoms with Crippen LogP contribution in [0, 0.1) is 10.1 Å². The van der Waals surface area contributed by atoms with E-state index in [9.17, 15) is 85.0 Å². The van der Waals surface area contributed by atoms with Crippen LogP contribution in [0.15, 0.2) is 23.1 Å². The second-order valence-corrected chi connectivity index (χ2v) is 8.42. The Kier molecular flexibility index (Phi) is 9.48. The maximum atomic E-state index is 13.6. The van der Waals surface area contributed by atoms with Gasteiger partial charge in [-0.05, 0) is 12.1 Å². The third-order valence-electron chi connectivity index (χ3n) is 4.21. The molecule has 1 aromatic carbocycles. The third-order valence-corrected chi connectivity index (χ3v) is 5.61. The molecule has 0 fully saturated rings. The molecule has 0 heterocycles. The summed E-state index contributed by atoms with van der Waals surface area (Å²) >= 11 is 0. The normalized spacial score (nSPS) is 14.8. The smallest absolute Gasteiger partial charge is 0.461 e. The molecular weight excluding hydrogens is 619 g/mol. The quantitative estimate of drug-likeness (QED) is 0.130. The van der Waals surface area contributed by atoms with Crippen molar-refractivity contribution in [3.63, 3.8) is 0 Å². The first kappa shape index (κ1) is 34.0. The Bertz CT molecular complexity index is 1110. The SMILES string of the molecule is O=C(COc1ccc(S(=O)C(F)(F)C(F)(F)C(F)(F)F)cc1[N+](=O)[O-])OCC(F)(F)C(F)(F)C(F)(F)C(F)F. The number of hydrogen-bond acceptors (Lipinski definition) is 6. The van der Waals surface area contributed by atoms with Gasteiger partial charge in [-0.2, -0.15) is 57.1 Å². The molecule has 0 aliphatic carbocycles. The van der Waals surface area contributed by atoms with Crippen molar-refractivity contribution in [1.82, 2.24) is 0 Å². The van der Waals surface area contributed by atoms with Crippen molar-refractivity contribution in [1.29, 1.82) is 0 Å². The average Bonchev–Trinajstić information content (AvgIpc) is 2.79. The summed E-state index contributed by atoms with van der Waals surface area (Å²) in [6, 6.07) is -0.143. The molecule has 7 nitrogen and oxygen atoms in total. The Morgan fingerprint density at radius 2 is 1.44 bits per heavy atom. The Morgan fingerprint density at radius 3 is 1.87 bits per heavy atom. The van der Waals surface area contributed by atoms with E-state index in [1.54, 1.807) is 0 Å². The molecule has 0 aliphatic heterocycles. The van der Waals surface area contributed by atoms with Crippen LogP contribution < -0.4 is 4.74 Å². The molecule has 0 saturated heterocycles. The molecule has 1 aromatic rings. The molecule has 224 valence electrons. The lowest BCUT2D eigenvalue weighted by Gasteiger charge is -2.31. The highest BCUT2D eigenvalue weighted by atomic mass is 32.2. The van der Waals surface area contributed by atoms with Crippen molar-refractivity contribution in [2.45, 2.75) is 46.4 Å². The van der Waals surface area contributed by atoms with Gasteiger partial charge in [-0.3, -0.25) is 10.1 Å². The van der Waals surface area contributed by atoms with Gasteiger partial charge >= 0.3 is 53.2 Å². The van der Waals surface area contributed by atoms with Crippen LogP contribution in [0.5, 0.6) is 5.75 Å². The van der Waals surface area contributed by atoms with E-state index in [-0.39, 0.29) is 18.2 Å². The number of halogens is 15. The molecule has 0 N–H and O–H groups in total. The van der Waals surface area contributed by atoms with Gasteiger partial charge < -0.3 is 9.47 Å². The third kappa shape index (κ3) is 6.42. The second-order valence-electron chi connectivity index (χ2n) is 6.90. The summed E-state index contributed by atoms with van der Waals surface area (Å²) in [6.07, 6.45) is -12.2. The number of ether oxygens (including phenoxy) is 2. The van der Waals surface area contributed by atoms with Gasteiger partial charge in [0.1, 0.15) is 10.8 Å². The fourth-order valence-electron chi connectivity index (χ4n) is 2.13. The largest absolute Gasteiger partial charge is 0.475 e. The molecular formula is C16H8F15NO6S. The molecule has 0 radical (unpaired) electrons. The van der Waals surface area contributed by atoms with E-state index < -0.39 is 92.8 Å². The van der Waals surface area contributed by atoms with E-state index >= 15 is 0 Å². The maximum absolute atomic E-state index is 13.6. The molecule has 23 heteroatoms. The fraction of sp³-hybridized carbons (Fsp3) is 0.562. The van der Waals surface area contributed by atoms with E-state index in [4.69, 9.17) is 0 Å². The number of carbonyl (C=O) groups is 1. The number of hydrogen-bond donors (Lipinski definition) is 0. The number of rotatable bonds is 12. The number of nitro groups is 1. The van der Waals surface area contributed by atoms with Gasteiger partial charge in [0.15, 0.2) is 19.0 Å². The first-order chi connectivity index (χ1) is 17.3. The lowest BCUT2D eigenvalue weighted by Crippen LogP contribution is -2.59. The minimum atomic E-state index is -6.92. The average molecular weight is 627 g/mol. The van der Waals surface area contributed by atoms with Crippen molar-refractivity contribution >= 4 is 22.5 Å². The van der Waals surface area contributed by atoms with Crippen LogP contribution in [-0.4, -0.2) is 69.9 Å². The minimum absolute atomic E-state index is 0.0191.